The highest BCUT2D eigenvalue weighted by Gasteiger charge is 2.67. The molecule has 2 rings (SSSR count). The Kier molecular flexibility index (Phi) is 8.44. The van der Waals surface area contributed by atoms with Crippen LogP contribution in [0.25, 0.3) is 0 Å². The zero-order chi connectivity index (χ0) is 21.8. The first-order chi connectivity index (χ1) is 13.6. The van der Waals surface area contributed by atoms with Gasteiger partial charge in [0.2, 0.25) is 5.91 Å². The number of carbonyl (C=O) groups is 2. The van der Waals surface area contributed by atoms with E-state index < -0.39 is 41.3 Å². The van der Waals surface area contributed by atoms with E-state index in [-0.39, 0.29) is 12.0 Å². The summed E-state index contributed by atoms with van der Waals surface area (Å²) in [5.41, 5.74) is -0.408. The lowest BCUT2D eigenvalue weighted by Crippen LogP contribution is -2.61. The molecule has 2 aliphatic rings. The smallest absolute Gasteiger partial charge is 0.414 e. The van der Waals surface area contributed by atoms with Gasteiger partial charge in [-0.15, -0.1) is 11.6 Å². The third kappa shape index (κ3) is 5.67. The molecule has 0 aromatic heterocycles. The summed E-state index contributed by atoms with van der Waals surface area (Å²) >= 11 is 6.99. The molecule has 1 saturated heterocycles. The third-order valence-corrected chi connectivity index (χ3v) is 6.79. The zero-order valence-electron chi connectivity index (χ0n) is 17.7. The van der Waals surface area contributed by atoms with Gasteiger partial charge in [0.1, 0.15) is 23.7 Å². The number of alkyl carbamates (subject to hydrolysis) is 1. The average molecular weight is 450 g/mol. The van der Waals surface area contributed by atoms with Crippen molar-refractivity contribution in [1.82, 2.24) is 5.32 Å². The van der Waals surface area contributed by atoms with Crippen molar-refractivity contribution in [2.24, 2.45) is 5.92 Å². The molecule has 0 aromatic rings. The number of hydrogen-bond acceptors (Lipinski definition) is 7. The summed E-state index contributed by atoms with van der Waals surface area (Å²) < 4.78 is 17.3. The number of halogens is 1. The first-order valence-corrected chi connectivity index (χ1v) is 11.7. The summed E-state index contributed by atoms with van der Waals surface area (Å²) in [4.78, 5) is 23.4. The van der Waals surface area contributed by atoms with Gasteiger partial charge in [-0.25, -0.2) is 4.79 Å². The molecular formula is C20H32ClNO6S. The molecule has 1 heterocycles. The largest absolute Gasteiger partial charge is 0.443 e. The van der Waals surface area contributed by atoms with Crippen LogP contribution < -0.4 is 5.32 Å². The Morgan fingerprint density at radius 2 is 2.10 bits per heavy atom. The minimum atomic E-state index is -1.02. The van der Waals surface area contributed by atoms with E-state index in [1.165, 1.54) is 12.7 Å². The number of methoxy groups -OCH3 is 1. The number of imide groups is 1. The summed E-state index contributed by atoms with van der Waals surface area (Å²) in [6.07, 6.45) is 3.59. The predicted molar refractivity (Wildman–Crippen MR) is 113 cm³/mol. The number of nitrogens with one attached hydrogen (secondary N) is 1. The zero-order valence-corrected chi connectivity index (χ0v) is 19.3. The Balaban J connectivity index is 2.23. The van der Waals surface area contributed by atoms with Crippen LogP contribution in [-0.2, 0) is 19.0 Å². The number of aliphatic hydroxyl groups is 1. The van der Waals surface area contributed by atoms with Gasteiger partial charge in [0, 0.05) is 18.8 Å². The Labute approximate surface area is 181 Å². The van der Waals surface area contributed by atoms with E-state index >= 15 is 0 Å². The van der Waals surface area contributed by atoms with E-state index in [2.05, 4.69) is 11.4 Å². The number of rotatable bonds is 8. The van der Waals surface area contributed by atoms with E-state index in [0.29, 0.717) is 18.6 Å². The lowest BCUT2D eigenvalue weighted by Gasteiger charge is -2.48. The Hall–Kier alpha value is -0.800. The molecule has 6 atom stereocenters. The van der Waals surface area contributed by atoms with Crippen molar-refractivity contribution in [3.63, 3.8) is 0 Å². The fraction of sp³-hybridized carbons (Fsp3) is 0.800. The van der Waals surface area contributed by atoms with Crippen LogP contribution in [-0.4, -0.2) is 71.6 Å². The maximum Gasteiger partial charge on any atom is 0.414 e. The second-order valence-corrected chi connectivity index (χ2v) is 9.32. The molecular weight excluding hydrogens is 418 g/mol. The first-order valence-electron chi connectivity index (χ1n) is 9.73. The van der Waals surface area contributed by atoms with E-state index in [9.17, 15) is 14.7 Å². The summed E-state index contributed by atoms with van der Waals surface area (Å²) in [5.74, 6) is -0.828. The fourth-order valence-corrected chi connectivity index (χ4v) is 5.29. The van der Waals surface area contributed by atoms with Crippen LogP contribution in [0.5, 0.6) is 0 Å². The van der Waals surface area contributed by atoms with Gasteiger partial charge in [-0.3, -0.25) is 10.1 Å². The SMILES string of the molecule is COC1C(OC(=O)NC(=O)CCl)CCC(O)(CSC)C1C1(C)OC1CC=C(C)C. The summed E-state index contributed by atoms with van der Waals surface area (Å²) in [6, 6.07) is 0. The van der Waals surface area contributed by atoms with Gasteiger partial charge in [-0.1, -0.05) is 11.6 Å². The molecule has 0 aromatic carbocycles. The van der Waals surface area contributed by atoms with Crippen LogP contribution in [0, 0.1) is 5.92 Å². The van der Waals surface area contributed by atoms with Crippen molar-refractivity contribution in [2.75, 3.05) is 25.0 Å². The lowest BCUT2D eigenvalue weighted by atomic mass is 9.66. The molecule has 29 heavy (non-hydrogen) atoms. The van der Waals surface area contributed by atoms with Gasteiger partial charge < -0.3 is 19.3 Å². The van der Waals surface area contributed by atoms with Crippen molar-refractivity contribution < 1.29 is 28.9 Å². The van der Waals surface area contributed by atoms with Crippen molar-refractivity contribution in [2.45, 2.75) is 69.5 Å². The summed E-state index contributed by atoms with van der Waals surface area (Å²) in [7, 11) is 1.54. The van der Waals surface area contributed by atoms with Crippen LogP contribution in [0.4, 0.5) is 4.79 Å². The van der Waals surface area contributed by atoms with E-state index in [1.807, 2.05) is 27.0 Å². The topological polar surface area (TPSA) is 97.4 Å². The number of allylic oxidation sites excluding steroid dienone is 1. The molecule has 7 nitrogen and oxygen atoms in total. The van der Waals surface area contributed by atoms with Gasteiger partial charge in [0.15, 0.2) is 0 Å². The highest BCUT2D eigenvalue weighted by atomic mass is 35.5. The van der Waals surface area contributed by atoms with Crippen LogP contribution in [0.2, 0.25) is 0 Å². The summed E-state index contributed by atoms with van der Waals surface area (Å²) in [5, 5.41) is 13.6. The van der Waals surface area contributed by atoms with Crippen LogP contribution in [0.15, 0.2) is 11.6 Å². The van der Waals surface area contributed by atoms with Gasteiger partial charge in [-0.05, 0) is 46.3 Å². The van der Waals surface area contributed by atoms with Gasteiger partial charge >= 0.3 is 6.09 Å². The molecule has 9 heteroatoms. The number of alkyl halides is 1. The van der Waals surface area contributed by atoms with Crippen LogP contribution in [0.1, 0.15) is 40.0 Å². The maximum absolute atomic E-state index is 12.1. The molecule has 0 spiro atoms. The first kappa shape index (κ1) is 24.5. The highest BCUT2D eigenvalue weighted by molar-refractivity contribution is 7.98. The minimum absolute atomic E-state index is 0.0427. The second-order valence-electron chi connectivity index (χ2n) is 8.19. The van der Waals surface area contributed by atoms with Crippen molar-refractivity contribution >= 4 is 35.4 Å². The second kappa shape index (κ2) is 10.0. The van der Waals surface area contributed by atoms with Crippen molar-refractivity contribution in [3.05, 3.63) is 11.6 Å². The van der Waals surface area contributed by atoms with Crippen molar-refractivity contribution in [3.8, 4) is 0 Å². The maximum atomic E-state index is 12.1. The van der Waals surface area contributed by atoms with E-state index in [0.717, 1.165) is 6.42 Å². The molecule has 1 aliphatic carbocycles. The highest BCUT2D eigenvalue weighted by Crippen LogP contribution is 2.55. The van der Waals surface area contributed by atoms with Gasteiger partial charge in [0.25, 0.3) is 0 Å². The molecule has 166 valence electrons. The molecule has 1 aliphatic heterocycles. The molecule has 0 bridgehead atoms. The Morgan fingerprint density at radius 3 is 2.66 bits per heavy atom. The average Bonchev–Trinajstić information content (AvgIpc) is 3.31. The number of ether oxygens (including phenoxy) is 3. The molecule has 2 fully saturated rings. The van der Waals surface area contributed by atoms with Gasteiger partial charge in [-0.2, -0.15) is 11.8 Å². The monoisotopic (exact) mass is 449 g/mol. The number of epoxide rings is 1. The van der Waals surface area contributed by atoms with E-state index in [4.69, 9.17) is 25.8 Å². The standard InChI is InChI=1S/C20H32ClNO6S/c1-12(2)6-7-14-19(3,28-14)17-16(26-4)13(8-9-20(17,25)11-29-5)27-18(24)22-15(23)10-21/h6,13-14,16-17,25H,7-11H2,1-5H3,(H,22,23,24). The number of hydrogen-bond donors (Lipinski definition) is 2. The predicted octanol–water partition coefficient (Wildman–Crippen LogP) is 2.88. The van der Waals surface area contributed by atoms with E-state index in [1.54, 1.807) is 11.8 Å². The summed E-state index contributed by atoms with van der Waals surface area (Å²) in [6.45, 7) is 6.05. The molecule has 2 amide bonds. The molecule has 1 saturated carbocycles. The lowest BCUT2D eigenvalue weighted by molar-refractivity contribution is -0.170. The normalized spacial score (nSPS) is 36.2. The van der Waals surface area contributed by atoms with Crippen LogP contribution in [0.3, 0.4) is 0 Å². The van der Waals surface area contributed by atoms with Crippen molar-refractivity contribution in [1.29, 1.82) is 0 Å². The minimum Gasteiger partial charge on any atom is -0.443 e. The number of carbonyl (C=O) groups excluding carboxylic acids is 2. The molecule has 0 radical (unpaired) electrons. The quantitative estimate of drug-likeness (QED) is 0.334. The Bertz CT molecular complexity index is 642. The fourth-order valence-electron chi connectivity index (χ4n) is 4.40. The third-order valence-electron chi connectivity index (χ3n) is 5.76. The van der Waals surface area contributed by atoms with Gasteiger partial charge in [0.05, 0.1) is 11.7 Å². The Morgan fingerprint density at radius 1 is 1.41 bits per heavy atom. The number of amides is 2. The molecule has 6 unspecified atom stereocenters. The van der Waals surface area contributed by atoms with Crippen LogP contribution >= 0.6 is 23.4 Å². The molecule has 2 N–H and O–H groups in total. The number of thioether (sulfide) groups is 1.